The minimum atomic E-state index is -4.94. The molecule has 0 bridgehead atoms. The molecule has 0 spiro atoms. The highest BCUT2D eigenvalue weighted by atomic mass is 19.4. The second kappa shape index (κ2) is 7.87. The molecule has 1 aromatic heterocycles. The Balaban J connectivity index is 1.79. The van der Waals surface area contributed by atoms with E-state index in [-0.39, 0.29) is 11.3 Å². The molecular weight excluding hydrogens is 375 g/mol. The van der Waals surface area contributed by atoms with Crippen molar-refractivity contribution in [2.75, 3.05) is 5.32 Å². The Hall–Kier alpha value is -3.75. The van der Waals surface area contributed by atoms with E-state index in [1.54, 1.807) is 48.8 Å². The lowest BCUT2D eigenvalue weighted by atomic mass is 10.1. The number of amides is 1. The monoisotopic (exact) mass is 388 g/mol. The fraction of sp³-hybridized carbons (Fsp3) is 0.0526. The van der Waals surface area contributed by atoms with Crippen molar-refractivity contribution in [1.29, 1.82) is 0 Å². The van der Waals surface area contributed by atoms with Gasteiger partial charge in [-0.25, -0.2) is 0 Å². The molecule has 28 heavy (non-hydrogen) atoms. The summed E-state index contributed by atoms with van der Waals surface area (Å²) in [5.74, 6) is -0.607. The number of carbonyl (C=O) groups excluding carboxylic acids is 1. The molecule has 0 aliphatic carbocycles. The molecule has 1 amide bonds. The van der Waals surface area contributed by atoms with Gasteiger partial charge >= 0.3 is 6.36 Å². The average Bonchev–Trinajstić information content (AvgIpc) is 2.64. The van der Waals surface area contributed by atoms with E-state index in [0.29, 0.717) is 17.2 Å². The second-order valence-corrected chi connectivity index (χ2v) is 5.52. The van der Waals surface area contributed by atoms with Crippen LogP contribution in [0, 0.1) is 0 Å². The van der Waals surface area contributed by atoms with Crippen molar-refractivity contribution in [3.63, 3.8) is 0 Å². The van der Waals surface area contributed by atoms with E-state index in [4.69, 9.17) is 10.5 Å². The summed E-state index contributed by atoms with van der Waals surface area (Å²) in [6, 6.07) is 13.2. The number of halogens is 3. The number of ether oxygens (including phenoxy) is 2. The Morgan fingerprint density at radius 3 is 2.21 bits per heavy atom. The minimum Gasteiger partial charge on any atom is -0.457 e. The maximum absolute atomic E-state index is 12.7. The van der Waals surface area contributed by atoms with Gasteiger partial charge in [-0.1, -0.05) is 0 Å². The van der Waals surface area contributed by atoms with Crippen LogP contribution in [-0.4, -0.2) is 17.3 Å². The van der Waals surface area contributed by atoms with E-state index >= 15 is 0 Å². The Morgan fingerprint density at radius 1 is 0.964 bits per heavy atom. The molecule has 2 N–H and O–H groups in total. The molecule has 0 unspecified atom stereocenters. The summed E-state index contributed by atoms with van der Waals surface area (Å²) in [5, 5.41) is 2.79. The Labute approximate surface area is 157 Å². The molecule has 3 aromatic rings. The minimum absolute atomic E-state index is 0.00914. The van der Waals surface area contributed by atoms with E-state index in [0.717, 1.165) is 6.07 Å². The van der Waals surface area contributed by atoms with Crippen LogP contribution in [0.4, 0.5) is 24.5 Å². The van der Waals surface area contributed by atoms with Crippen LogP contribution < -0.4 is 20.5 Å². The molecule has 0 aliphatic rings. The summed E-state index contributed by atoms with van der Waals surface area (Å²) in [5.41, 5.74) is 7.29. The number of hydrogen-bond acceptors (Lipinski definition) is 5. The van der Waals surface area contributed by atoms with Crippen LogP contribution in [0.1, 0.15) is 10.4 Å². The normalized spacial score (nSPS) is 11.0. The van der Waals surface area contributed by atoms with Crippen LogP contribution in [0.2, 0.25) is 0 Å². The van der Waals surface area contributed by atoms with Crippen LogP contribution in [0.15, 0.2) is 67.0 Å². The SMILES string of the molecule is [NH]C(=O)c1ccc(Nc2ccc(Oc3ccncc3)cc2)c(OC(F)(F)F)c1. The molecule has 6 nitrogen and oxygen atoms in total. The summed E-state index contributed by atoms with van der Waals surface area (Å²) >= 11 is 0. The molecule has 0 saturated carbocycles. The van der Waals surface area contributed by atoms with Gasteiger partial charge in [-0.05, 0) is 54.6 Å². The van der Waals surface area contributed by atoms with Crippen molar-refractivity contribution in [3.05, 3.63) is 72.6 Å². The fourth-order valence-electron chi connectivity index (χ4n) is 2.28. The number of rotatable bonds is 6. The van der Waals surface area contributed by atoms with Gasteiger partial charge in [0.15, 0.2) is 5.75 Å². The van der Waals surface area contributed by atoms with Crippen molar-refractivity contribution < 1.29 is 27.4 Å². The van der Waals surface area contributed by atoms with Gasteiger partial charge in [0.2, 0.25) is 0 Å². The zero-order valence-electron chi connectivity index (χ0n) is 14.2. The quantitative estimate of drug-likeness (QED) is 0.647. The zero-order valence-corrected chi connectivity index (χ0v) is 14.2. The third-order valence-electron chi connectivity index (χ3n) is 3.49. The Bertz CT molecular complexity index is 962. The molecule has 1 heterocycles. The van der Waals surface area contributed by atoms with Crippen molar-refractivity contribution in [2.24, 2.45) is 0 Å². The lowest BCUT2D eigenvalue weighted by Crippen LogP contribution is -2.18. The van der Waals surface area contributed by atoms with E-state index < -0.39 is 18.0 Å². The van der Waals surface area contributed by atoms with Crippen LogP contribution in [-0.2, 0) is 0 Å². The molecule has 2 aromatic carbocycles. The van der Waals surface area contributed by atoms with Gasteiger partial charge in [0.1, 0.15) is 11.5 Å². The van der Waals surface area contributed by atoms with E-state index in [1.165, 1.54) is 12.1 Å². The number of aromatic nitrogens is 1. The van der Waals surface area contributed by atoms with Gasteiger partial charge in [-0.2, -0.15) is 0 Å². The highest BCUT2D eigenvalue weighted by Gasteiger charge is 2.32. The number of benzene rings is 2. The van der Waals surface area contributed by atoms with Gasteiger partial charge in [-0.15, -0.1) is 13.2 Å². The zero-order chi connectivity index (χ0) is 20.1. The van der Waals surface area contributed by atoms with Crippen molar-refractivity contribution in [1.82, 2.24) is 10.7 Å². The number of hydrogen-bond donors (Lipinski definition) is 1. The van der Waals surface area contributed by atoms with Gasteiger partial charge < -0.3 is 14.8 Å². The molecule has 1 radical (unpaired) electrons. The summed E-state index contributed by atoms with van der Waals surface area (Å²) in [6.45, 7) is 0. The van der Waals surface area contributed by atoms with Gasteiger partial charge in [-0.3, -0.25) is 15.5 Å². The summed E-state index contributed by atoms with van der Waals surface area (Å²) in [7, 11) is 0. The van der Waals surface area contributed by atoms with Crippen molar-refractivity contribution in [2.45, 2.75) is 6.36 Å². The smallest absolute Gasteiger partial charge is 0.457 e. The van der Waals surface area contributed by atoms with Crippen molar-refractivity contribution >= 4 is 17.3 Å². The predicted molar refractivity (Wildman–Crippen MR) is 94.6 cm³/mol. The first-order valence-electron chi connectivity index (χ1n) is 7.91. The molecule has 143 valence electrons. The van der Waals surface area contributed by atoms with Gasteiger partial charge in [0.25, 0.3) is 5.91 Å². The summed E-state index contributed by atoms with van der Waals surface area (Å²) in [6.07, 6.45) is -1.78. The predicted octanol–water partition coefficient (Wildman–Crippen LogP) is 4.94. The van der Waals surface area contributed by atoms with E-state index in [9.17, 15) is 18.0 Å². The first-order chi connectivity index (χ1) is 13.3. The number of nitrogens with zero attached hydrogens (tertiary/aromatic N) is 1. The first-order valence-corrected chi connectivity index (χ1v) is 7.91. The summed E-state index contributed by atoms with van der Waals surface area (Å²) in [4.78, 5) is 15.0. The highest BCUT2D eigenvalue weighted by molar-refractivity contribution is 5.93. The Morgan fingerprint density at radius 2 is 1.61 bits per heavy atom. The first kappa shape index (κ1) is 19.0. The van der Waals surface area contributed by atoms with Gasteiger partial charge in [0, 0.05) is 23.6 Å². The second-order valence-electron chi connectivity index (χ2n) is 5.52. The topological polar surface area (TPSA) is 84.3 Å². The number of pyridine rings is 1. The molecule has 0 fully saturated rings. The molecule has 0 saturated heterocycles. The fourth-order valence-corrected chi connectivity index (χ4v) is 2.28. The van der Waals surface area contributed by atoms with Crippen molar-refractivity contribution in [3.8, 4) is 17.2 Å². The Kier molecular flexibility index (Phi) is 5.35. The van der Waals surface area contributed by atoms with Crippen LogP contribution >= 0.6 is 0 Å². The molecule has 9 heteroatoms. The molecule has 0 aliphatic heterocycles. The highest BCUT2D eigenvalue weighted by Crippen LogP contribution is 2.34. The van der Waals surface area contributed by atoms with Crippen LogP contribution in [0.3, 0.4) is 0 Å². The largest absolute Gasteiger partial charge is 0.573 e. The third kappa shape index (κ3) is 5.13. The maximum Gasteiger partial charge on any atom is 0.573 e. The number of anilines is 2. The summed E-state index contributed by atoms with van der Waals surface area (Å²) < 4.78 is 47.5. The van der Waals surface area contributed by atoms with Gasteiger partial charge in [0.05, 0.1) is 5.69 Å². The number of nitrogens with one attached hydrogen (secondary N) is 2. The van der Waals surface area contributed by atoms with Crippen LogP contribution in [0.25, 0.3) is 0 Å². The molecule has 3 rings (SSSR count). The van der Waals surface area contributed by atoms with E-state index in [1.807, 2.05) is 0 Å². The number of alkyl halides is 3. The standard InChI is InChI=1S/C19H13F3N3O3/c20-19(21,22)28-17-11-12(18(23)26)1-6-16(17)25-13-2-4-14(5-3-13)27-15-7-9-24-10-8-15/h1-11,23,25H. The molecule has 0 atom stereocenters. The van der Waals surface area contributed by atoms with E-state index in [2.05, 4.69) is 15.0 Å². The lowest BCUT2D eigenvalue weighted by molar-refractivity contribution is -0.274. The van der Waals surface area contributed by atoms with Crippen LogP contribution in [0.5, 0.6) is 17.2 Å². The molecular formula is C19H13F3N3O3. The lowest BCUT2D eigenvalue weighted by Gasteiger charge is -2.15. The number of carbonyl (C=O) groups is 1. The average molecular weight is 388 g/mol. The maximum atomic E-state index is 12.7. The third-order valence-corrected chi connectivity index (χ3v) is 3.49.